The van der Waals surface area contributed by atoms with Gasteiger partial charge < -0.3 is 0 Å². The van der Waals surface area contributed by atoms with Gasteiger partial charge in [-0.1, -0.05) is 18.2 Å². The number of rotatable bonds is 2. The van der Waals surface area contributed by atoms with Crippen LogP contribution in [0.1, 0.15) is 13.8 Å². The molecule has 0 rings (SSSR count). The minimum absolute atomic E-state index is 0.0862. The molecule has 0 aromatic heterocycles. The van der Waals surface area contributed by atoms with E-state index in [4.69, 9.17) is 0 Å². The monoisotopic (exact) mass is 110 g/mol. The molecule has 0 saturated carbocycles. The average molecular weight is 110 g/mol. The van der Waals surface area contributed by atoms with E-state index in [-0.39, 0.29) is 5.78 Å². The maximum atomic E-state index is 10.2. The Morgan fingerprint density at radius 3 is 2.38 bits per heavy atom. The first-order chi connectivity index (χ1) is 3.77. The number of hydrogen-bond acceptors (Lipinski definition) is 1. The van der Waals surface area contributed by atoms with Crippen molar-refractivity contribution in [3.05, 3.63) is 24.3 Å². The molecule has 0 radical (unpaired) electrons. The SMILES string of the molecule is CC=C/C=C/C(C)=O. The number of allylic oxidation sites excluding steroid dienone is 4. The molecule has 0 aliphatic rings. The second-order valence-corrected chi connectivity index (χ2v) is 1.50. The molecule has 0 fully saturated rings. The van der Waals surface area contributed by atoms with Crippen molar-refractivity contribution < 1.29 is 4.79 Å². The second kappa shape index (κ2) is 4.31. The number of hydrogen-bond donors (Lipinski definition) is 0. The fourth-order valence-electron chi connectivity index (χ4n) is 0.302. The zero-order valence-corrected chi connectivity index (χ0v) is 5.22. The molecule has 0 aromatic rings. The molecule has 44 valence electrons. The van der Waals surface area contributed by atoms with Crippen LogP contribution in [0.5, 0.6) is 0 Å². The van der Waals surface area contributed by atoms with E-state index in [1.165, 1.54) is 13.0 Å². The second-order valence-electron chi connectivity index (χ2n) is 1.50. The predicted molar refractivity (Wildman–Crippen MR) is 34.6 cm³/mol. The molecule has 0 unspecified atom stereocenters. The van der Waals surface area contributed by atoms with E-state index in [0.29, 0.717) is 0 Å². The first-order valence-electron chi connectivity index (χ1n) is 2.57. The third-order valence-corrected chi connectivity index (χ3v) is 0.634. The third kappa shape index (κ3) is 5.15. The van der Waals surface area contributed by atoms with Crippen LogP contribution in [0, 0.1) is 0 Å². The molecule has 8 heavy (non-hydrogen) atoms. The molecule has 0 aliphatic carbocycles. The summed E-state index contributed by atoms with van der Waals surface area (Å²) in [7, 11) is 0. The van der Waals surface area contributed by atoms with Crippen LogP contribution < -0.4 is 0 Å². The van der Waals surface area contributed by atoms with Crippen molar-refractivity contribution in [1.29, 1.82) is 0 Å². The Balaban J connectivity index is 3.50. The molecule has 0 aromatic carbocycles. The lowest BCUT2D eigenvalue weighted by Gasteiger charge is -1.72. The van der Waals surface area contributed by atoms with E-state index in [0.717, 1.165) is 0 Å². The smallest absolute Gasteiger partial charge is 0.152 e. The number of ketones is 1. The molecule has 0 aliphatic heterocycles. The Morgan fingerprint density at radius 2 is 2.00 bits per heavy atom. The van der Waals surface area contributed by atoms with Crippen LogP contribution in [0.2, 0.25) is 0 Å². The van der Waals surface area contributed by atoms with Gasteiger partial charge in [0.1, 0.15) is 0 Å². The zero-order valence-electron chi connectivity index (χ0n) is 5.22. The van der Waals surface area contributed by atoms with E-state index in [1.54, 1.807) is 6.08 Å². The third-order valence-electron chi connectivity index (χ3n) is 0.634. The lowest BCUT2D eigenvalue weighted by molar-refractivity contribution is -0.112. The van der Waals surface area contributed by atoms with Crippen molar-refractivity contribution in [3.63, 3.8) is 0 Å². The fraction of sp³-hybridized carbons (Fsp3) is 0.286. The first-order valence-corrected chi connectivity index (χ1v) is 2.57. The summed E-state index contributed by atoms with van der Waals surface area (Å²) in [6.45, 7) is 3.43. The Morgan fingerprint density at radius 1 is 1.38 bits per heavy atom. The van der Waals surface area contributed by atoms with Gasteiger partial charge in [0.05, 0.1) is 0 Å². The van der Waals surface area contributed by atoms with Gasteiger partial charge in [-0.15, -0.1) is 0 Å². The number of carbonyl (C=O) groups is 1. The largest absolute Gasteiger partial charge is 0.295 e. The molecule has 0 atom stereocenters. The lowest BCUT2D eigenvalue weighted by atomic mass is 10.4. The summed E-state index contributed by atoms with van der Waals surface area (Å²) < 4.78 is 0. The summed E-state index contributed by atoms with van der Waals surface area (Å²) in [5, 5.41) is 0. The summed E-state index contributed by atoms with van der Waals surface area (Å²) in [6.07, 6.45) is 6.95. The molecule has 0 N–H and O–H groups in total. The van der Waals surface area contributed by atoms with E-state index < -0.39 is 0 Å². The normalized spacial score (nSPS) is 11.2. The van der Waals surface area contributed by atoms with Gasteiger partial charge >= 0.3 is 0 Å². The van der Waals surface area contributed by atoms with Crippen LogP contribution in [-0.2, 0) is 4.79 Å². The van der Waals surface area contributed by atoms with Crippen molar-refractivity contribution in [2.45, 2.75) is 13.8 Å². The van der Waals surface area contributed by atoms with Gasteiger partial charge in [-0.25, -0.2) is 0 Å². The highest BCUT2D eigenvalue weighted by molar-refractivity contribution is 5.87. The van der Waals surface area contributed by atoms with Gasteiger partial charge in [0.25, 0.3) is 0 Å². The molecular weight excluding hydrogens is 100 g/mol. The quantitative estimate of drug-likeness (QED) is 0.390. The van der Waals surface area contributed by atoms with Crippen LogP contribution in [0.4, 0.5) is 0 Å². The minimum atomic E-state index is 0.0862. The maximum absolute atomic E-state index is 10.2. The van der Waals surface area contributed by atoms with Crippen molar-refractivity contribution in [1.82, 2.24) is 0 Å². The van der Waals surface area contributed by atoms with Crippen molar-refractivity contribution >= 4 is 5.78 Å². The molecule has 0 saturated heterocycles. The average Bonchev–Trinajstić information content (AvgIpc) is 1.66. The van der Waals surface area contributed by atoms with Crippen molar-refractivity contribution in [2.75, 3.05) is 0 Å². The van der Waals surface area contributed by atoms with Crippen LogP contribution in [-0.4, -0.2) is 5.78 Å². The molecular formula is C7H10O. The van der Waals surface area contributed by atoms with Gasteiger partial charge in [0, 0.05) is 0 Å². The Bertz CT molecular complexity index is 120. The van der Waals surface area contributed by atoms with Crippen molar-refractivity contribution in [3.8, 4) is 0 Å². The first kappa shape index (κ1) is 7.15. The fourth-order valence-corrected chi connectivity index (χ4v) is 0.302. The molecule has 1 nitrogen and oxygen atoms in total. The highest BCUT2D eigenvalue weighted by Gasteiger charge is 1.74. The summed E-state index contributed by atoms with van der Waals surface area (Å²) >= 11 is 0. The maximum Gasteiger partial charge on any atom is 0.152 e. The Labute approximate surface area is 49.7 Å². The molecule has 0 heterocycles. The van der Waals surface area contributed by atoms with Crippen LogP contribution in [0.3, 0.4) is 0 Å². The molecule has 0 bridgehead atoms. The van der Waals surface area contributed by atoms with E-state index >= 15 is 0 Å². The lowest BCUT2D eigenvalue weighted by Crippen LogP contribution is -1.76. The predicted octanol–water partition coefficient (Wildman–Crippen LogP) is 1.71. The summed E-state index contributed by atoms with van der Waals surface area (Å²) in [5.74, 6) is 0.0862. The topological polar surface area (TPSA) is 17.1 Å². The van der Waals surface area contributed by atoms with Gasteiger partial charge in [-0.2, -0.15) is 0 Å². The highest BCUT2D eigenvalue weighted by atomic mass is 16.1. The Hall–Kier alpha value is -0.850. The minimum Gasteiger partial charge on any atom is -0.295 e. The van der Waals surface area contributed by atoms with Crippen LogP contribution in [0.15, 0.2) is 24.3 Å². The van der Waals surface area contributed by atoms with Gasteiger partial charge in [0.2, 0.25) is 0 Å². The van der Waals surface area contributed by atoms with E-state index in [2.05, 4.69) is 0 Å². The zero-order chi connectivity index (χ0) is 6.41. The van der Waals surface area contributed by atoms with E-state index in [9.17, 15) is 4.79 Å². The standard InChI is InChI=1S/C7H10O/c1-3-4-5-6-7(2)8/h3-6H,1-2H3/b4-3?,6-5+. The van der Waals surface area contributed by atoms with Crippen LogP contribution >= 0.6 is 0 Å². The summed E-state index contributed by atoms with van der Waals surface area (Å²) in [4.78, 5) is 10.2. The summed E-state index contributed by atoms with van der Waals surface area (Å²) in [5.41, 5.74) is 0. The van der Waals surface area contributed by atoms with Gasteiger partial charge in [0.15, 0.2) is 5.78 Å². The number of carbonyl (C=O) groups excluding carboxylic acids is 1. The van der Waals surface area contributed by atoms with Crippen molar-refractivity contribution in [2.24, 2.45) is 0 Å². The van der Waals surface area contributed by atoms with E-state index in [1.807, 2.05) is 19.1 Å². The Kier molecular flexibility index (Phi) is 3.85. The summed E-state index contributed by atoms with van der Waals surface area (Å²) in [6, 6.07) is 0. The van der Waals surface area contributed by atoms with Gasteiger partial charge in [-0.05, 0) is 19.9 Å². The van der Waals surface area contributed by atoms with Gasteiger partial charge in [-0.3, -0.25) is 4.79 Å². The molecule has 0 amide bonds. The van der Waals surface area contributed by atoms with Crippen LogP contribution in [0.25, 0.3) is 0 Å². The molecule has 0 spiro atoms. The molecule has 1 heteroatoms. The highest BCUT2D eigenvalue weighted by Crippen LogP contribution is 1.76.